The van der Waals surface area contributed by atoms with Crippen molar-refractivity contribution in [3.8, 4) is 0 Å². The highest BCUT2D eigenvalue weighted by atomic mass is 15.6. The third-order valence-corrected chi connectivity index (χ3v) is 3.52. The van der Waals surface area contributed by atoms with Gasteiger partial charge in [0.25, 0.3) is 0 Å². The zero-order chi connectivity index (χ0) is 13.0. The molecule has 0 bridgehead atoms. The molecule has 5 nitrogen and oxygen atoms in total. The van der Waals surface area contributed by atoms with Crippen LogP contribution in [0.2, 0.25) is 0 Å². The fourth-order valence-electron chi connectivity index (χ4n) is 2.26. The molecule has 1 N–H and O–H groups in total. The van der Waals surface area contributed by atoms with Gasteiger partial charge in [0.1, 0.15) is 0 Å². The summed E-state index contributed by atoms with van der Waals surface area (Å²) in [7, 11) is 0. The van der Waals surface area contributed by atoms with Gasteiger partial charge in [-0.3, -0.25) is 0 Å². The first kappa shape index (κ1) is 13.5. The van der Waals surface area contributed by atoms with E-state index in [1.54, 1.807) is 0 Å². The number of nitrogens with one attached hydrogen (secondary N) is 1. The lowest BCUT2D eigenvalue weighted by molar-refractivity contribution is 0.369. The maximum Gasteiger partial charge on any atom is 0.165 e. The predicted molar refractivity (Wildman–Crippen MR) is 71.0 cm³/mol. The molecule has 5 heteroatoms. The molecule has 1 heterocycles. The minimum absolute atomic E-state index is 0.475. The van der Waals surface area contributed by atoms with Crippen molar-refractivity contribution in [1.82, 2.24) is 25.5 Å². The van der Waals surface area contributed by atoms with Crippen LogP contribution in [-0.4, -0.2) is 26.8 Å². The molecule has 1 aromatic heterocycles. The Bertz CT molecular complexity index is 356. The zero-order valence-electron chi connectivity index (χ0n) is 11.8. The van der Waals surface area contributed by atoms with Crippen molar-refractivity contribution >= 4 is 0 Å². The standard InChI is InChI=1S/C13H25N5/c1-4-12(7-11-5-6-11)18-13(15-16-17-18)9-14-8-10(2)3/h10-12,14H,4-9H2,1-3H3. The Hall–Kier alpha value is -0.970. The lowest BCUT2D eigenvalue weighted by Gasteiger charge is -2.16. The Morgan fingerprint density at radius 2 is 2.17 bits per heavy atom. The fraction of sp³-hybridized carbons (Fsp3) is 0.923. The molecule has 0 radical (unpaired) electrons. The van der Waals surface area contributed by atoms with E-state index in [-0.39, 0.29) is 0 Å². The summed E-state index contributed by atoms with van der Waals surface area (Å²) in [5.41, 5.74) is 0. The second-order valence-electron chi connectivity index (χ2n) is 5.81. The monoisotopic (exact) mass is 251 g/mol. The summed E-state index contributed by atoms with van der Waals surface area (Å²) in [5, 5.41) is 15.6. The van der Waals surface area contributed by atoms with Crippen LogP contribution in [0.4, 0.5) is 0 Å². The summed E-state index contributed by atoms with van der Waals surface area (Å²) in [4.78, 5) is 0. The van der Waals surface area contributed by atoms with Crippen LogP contribution in [0.15, 0.2) is 0 Å². The SMILES string of the molecule is CCC(CC1CC1)n1nnnc1CNCC(C)C. The molecule has 18 heavy (non-hydrogen) atoms. The Balaban J connectivity index is 1.91. The van der Waals surface area contributed by atoms with E-state index in [2.05, 4.69) is 41.6 Å². The quantitative estimate of drug-likeness (QED) is 0.769. The molecule has 102 valence electrons. The van der Waals surface area contributed by atoms with Crippen molar-refractivity contribution in [2.75, 3.05) is 6.54 Å². The van der Waals surface area contributed by atoms with Crippen molar-refractivity contribution in [1.29, 1.82) is 0 Å². The summed E-state index contributed by atoms with van der Waals surface area (Å²) in [6, 6.07) is 0.475. The molecule has 0 amide bonds. The molecule has 0 aliphatic heterocycles. The van der Waals surface area contributed by atoms with Crippen molar-refractivity contribution < 1.29 is 0 Å². The number of aromatic nitrogens is 4. The first-order valence-electron chi connectivity index (χ1n) is 7.18. The van der Waals surface area contributed by atoms with Crippen molar-refractivity contribution in [3.05, 3.63) is 5.82 Å². The summed E-state index contributed by atoms with van der Waals surface area (Å²) in [5.74, 6) is 2.54. The third-order valence-electron chi connectivity index (χ3n) is 3.52. The van der Waals surface area contributed by atoms with Crippen LogP contribution in [-0.2, 0) is 6.54 Å². The molecule has 0 spiro atoms. The smallest absolute Gasteiger partial charge is 0.165 e. The molecule has 1 aliphatic rings. The van der Waals surface area contributed by atoms with E-state index >= 15 is 0 Å². The maximum absolute atomic E-state index is 4.18. The van der Waals surface area contributed by atoms with Gasteiger partial charge in [0.05, 0.1) is 12.6 Å². The molecule has 0 saturated heterocycles. The van der Waals surface area contributed by atoms with Crippen molar-refractivity contribution in [2.24, 2.45) is 11.8 Å². The van der Waals surface area contributed by atoms with Gasteiger partial charge >= 0.3 is 0 Å². The van der Waals surface area contributed by atoms with Crippen LogP contribution in [0.3, 0.4) is 0 Å². The van der Waals surface area contributed by atoms with Gasteiger partial charge < -0.3 is 5.32 Å². The summed E-state index contributed by atoms with van der Waals surface area (Å²) in [6.07, 6.45) is 5.12. The largest absolute Gasteiger partial charge is 0.310 e. The van der Waals surface area contributed by atoms with E-state index in [1.807, 2.05) is 4.68 Å². The van der Waals surface area contributed by atoms with Crippen LogP contribution < -0.4 is 5.32 Å². The molecular weight excluding hydrogens is 226 g/mol. The van der Waals surface area contributed by atoms with Gasteiger partial charge in [0, 0.05) is 0 Å². The van der Waals surface area contributed by atoms with Gasteiger partial charge in [-0.15, -0.1) is 5.10 Å². The first-order valence-corrected chi connectivity index (χ1v) is 7.18. The average Bonchev–Trinajstić information content (AvgIpc) is 3.04. The first-order chi connectivity index (χ1) is 8.70. The lowest BCUT2D eigenvalue weighted by atomic mass is 10.1. The van der Waals surface area contributed by atoms with Crippen molar-refractivity contribution in [2.45, 2.75) is 59.0 Å². The molecule has 1 aromatic rings. The minimum atomic E-state index is 0.475. The van der Waals surface area contributed by atoms with E-state index in [0.29, 0.717) is 12.0 Å². The third kappa shape index (κ3) is 3.77. The van der Waals surface area contributed by atoms with E-state index in [1.165, 1.54) is 19.3 Å². The molecule has 1 aliphatic carbocycles. The summed E-state index contributed by atoms with van der Waals surface area (Å²) >= 11 is 0. The second-order valence-corrected chi connectivity index (χ2v) is 5.81. The summed E-state index contributed by atoms with van der Waals surface area (Å²) in [6.45, 7) is 8.41. The Labute approximate surface area is 109 Å². The van der Waals surface area contributed by atoms with E-state index in [4.69, 9.17) is 0 Å². The minimum Gasteiger partial charge on any atom is -0.310 e. The van der Waals surface area contributed by atoms with Crippen LogP contribution in [0.1, 0.15) is 58.3 Å². The van der Waals surface area contributed by atoms with Crippen LogP contribution in [0, 0.1) is 11.8 Å². The molecule has 1 unspecified atom stereocenters. The molecule has 1 atom stereocenters. The Morgan fingerprint density at radius 1 is 1.39 bits per heavy atom. The topological polar surface area (TPSA) is 55.6 Å². The number of nitrogens with zero attached hydrogens (tertiary/aromatic N) is 4. The Morgan fingerprint density at radius 3 is 2.78 bits per heavy atom. The second kappa shape index (κ2) is 6.27. The lowest BCUT2D eigenvalue weighted by Crippen LogP contribution is -2.23. The summed E-state index contributed by atoms with van der Waals surface area (Å²) < 4.78 is 2.03. The normalized spacial score (nSPS) is 17.3. The van der Waals surface area contributed by atoms with Gasteiger partial charge in [-0.05, 0) is 41.6 Å². The van der Waals surface area contributed by atoms with E-state index in [9.17, 15) is 0 Å². The van der Waals surface area contributed by atoms with Gasteiger partial charge in [0.15, 0.2) is 5.82 Å². The highest BCUT2D eigenvalue weighted by Crippen LogP contribution is 2.37. The van der Waals surface area contributed by atoms with Gasteiger partial charge in [-0.2, -0.15) is 0 Å². The van der Waals surface area contributed by atoms with Crippen LogP contribution in [0.25, 0.3) is 0 Å². The van der Waals surface area contributed by atoms with Gasteiger partial charge in [-0.25, -0.2) is 4.68 Å². The Kier molecular flexibility index (Phi) is 4.69. The number of hydrogen-bond acceptors (Lipinski definition) is 4. The fourth-order valence-corrected chi connectivity index (χ4v) is 2.26. The number of rotatable bonds is 8. The van der Waals surface area contributed by atoms with Gasteiger partial charge in [-0.1, -0.05) is 33.6 Å². The number of hydrogen-bond donors (Lipinski definition) is 1. The number of tetrazole rings is 1. The highest BCUT2D eigenvalue weighted by Gasteiger charge is 2.27. The maximum atomic E-state index is 4.18. The van der Waals surface area contributed by atoms with E-state index in [0.717, 1.165) is 31.3 Å². The van der Waals surface area contributed by atoms with Gasteiger partial charge in [0.2, 0.25) is 0 Å². The predicted octanol–water partition coefficient (Wildman–Crippen LogP) is 2.17. The highest BCUT2D eigenvalue weighted by molar-refractivity contribution is 4.86. The molecule has 0 aromatic carbocycles. The molecule has 1 fully saturated rings. The van der Waals surface area contributed by atoms with E-state index < -0.39 is 0 Å². The van der Waals surface area contributed by atoms with Crippen molar-refractivity contribution in [3.63, 3.8) is 0 Å². The average molecular weight is 251 g/mol. The molecule has 2 rings (SSSR count). The molecule has 1 saturated carbocycles. The molecular formula is C13H25N5. The zero-order valence-corrected chi connectivity index (χ0v) is 11.8. The van der Waals surface area contributed by atoms with Crippen LogP contribution >= 0.6 is 0 Å². The van der Waals surface area contributed by atoms with Crippen LogP contribution in [0.5, 0.6) is 0 Å².